The van der Waals surface area contributed by atoms with Crippen molar-refractivity contribution in [3.63, 3.8) is 0 Å². The Morgan fingerprint density at radius 1 is 1.38 bits per heavy atom. The van der Waals surface area contributed by atoms with Crippen LogP contribution in [0.1, 0.15) is 51.3 Å². The van der Waals surface area contributed by atoms with Gasteiger partial charge in [0, 0.05) is 12.1 Å². The predicted octanol–water partition coefficient (Wildman–Crippen LogP) is 3.64. The van der Waals surface area contributed by atoms with Crippen molar-refractivity contribution in [2.45, 2.75) is 45.4 Å². The van der Waals surface area contributed by atoms with Crippen molar-refractivity contribution >= 4 is 11.2 Å². The topological polar surface area (TPSA) is 41.6 Å². The summed E-state index contributed by atoms with van der Waals surface area (Å²) < 4.78 is 0. The highest BCUT2D eigenvalue weighted by molar-refractivity contribution is 5.69. The van der Waals surface area contributed by atoms with Gasteiger partial charge < -0.3 is 4.98 Å². The van der Waals surface area contributed by atoms with E-state index in [0.29, 0.717) is 5.92 Å². The molecule has 1 unspecified atom stereocenters. The van der Waals surface area contributed by atoms with Crippen LogP contribution in [0, 0.1) is 0 Å². The van der Waals surface area contributed by atoms with E-state index < -0.39 is 0 Å². The Balaban J connectivity index is 2.23. The molecule has 2 aromatic heterocycles. The second-order valence-electron chi connectivity index (χ2n) is 4.24. The number of rotatable bonds is 5. The van der Waals surface area contributed by atoms with Gasteiger partial charge in [0.25, 0.3) is 0 Å². The third-order valence-corrected chi connectivity index (χ3v) is 3.06. The first-order valence-corrected chi connectivity index (χ1v) is 6.15. The molecule has 2 rings (SSSR count). The number of imidazole rings is 1. The maximum Gasteiger partial charge on any atom is 0.177 e. The summed E-state index contributed by atoms with van der Waals surface area (Å²) in [4.78, 5) is 12.2. The molecule has 0 bridgehead atoms. The van der Waals surface area contributed by atoms with E-state index >= 15 is 0 Å². The van der Waals surface area contributed by atoms with Gasteiger partial charge in [-0.1, -0.05) is 26.7 Å². The summed E-state index contributed by atoms with van der Waals surface area (Å²) in [5.74, 6) is 1.65. The van der Waals surface area contributed by atoms with Crippen LogP contribution in [-0.4, -0.2) is 15.0 Å². The molecule has 0 radical (unpaired) electrons. The van der Waals surface area contributed by atoms with E-state index in [2.05, 4.69) is 28.8 Å². The molecule has 0 spiro atoms. The fraction of sp³-hybridized carbons (Fsp3) is 0.538. The first-order chi connectivity index (χ1) is 7.85. The maximum atomic E-state index is 4.57. The van der Waals surface area contributed by atoms with E-state index in [-0.39, 0.29) is 0 Å². The Labute approximate surface area is 96.3 Å². The highest BCUT2D eigenvalue weighted by Gasteiger charge is 2.13. The van der Waals surface area contributed by atoms with Gasteiger partial charge in [0.05, 0.1) is 5.52 Å². The van der Waals surface area contributed by atoms with E-state index in [9.17, 15) is 0 Å². The molecule has 16 heavy (non-hydrogen) atoms. The third-order valence-electron chi connectivity index (χ3n) is 3.06. The lowest BCUT2D eigenvalue weighted by Crippen LogP contribution is -1.99. The fourth-order valence-corrected chi connectivity index (χ4v) is 2.04. The van der Waals surface area contributed by atoms with Crippen molar-refractivity contribution in [2.24, 2.45) is 0 Å². The quantitative estimate of drug-likeness (QED) is 0.830. The lowest BCUT2D eigenvalue weighted by molar-refractivity contribution is 0.549. The van der Waals surface area contributed by atoms with Crippen molar-refractivity contribution in [3.05, 3.63) is 24.2 Å². The van der Waals surface area contributed by atoms with Gasteiger partial charge in [-0.2, -0.15) is 0 Å². The first kappa shape index (κ1) is 11.1. The number of nitrogens with one attached hydrogen (secondary N) is 1. The Morgan fingerprint density at radius 2 is 2.25 bits per heavy atom. The molecular formula is C13H19N3. The summed E-state index contributed by atoms with van der Waals surface area (Å²) in [6, 6.07) is 3.97. The number of hydrogen-bond donors (Lipinski definition) is 1. The molecule has 1 atom stereocenters. The summed E-state index contributed by atoms with van der Waals surface area (Å²) in [5, 5.41) is 0. The van der Waals surface area contributed by atoms with E-state index in [1.807, 2.05) is 12.1 Å². The number of pyridine rings is 1. The molecule has 0 saturated heterocycles. The summed E-state index contributed by atoms with van der Waals surface area (Å²) in [5.41, 5.74) is 1.89. The Hall–Kier alpha value is -1.38. The van der Waals surface area contributed by atoms with Crippen LogP contribution in [0.3, 0.4) is 0 Å². The zero-order chi connectivity index (χ0) is 11.4. The first-order valence-electron chi connectivity index (χ1n) is 6.15. The van der Waals surface area contributed by atoms with Crippen molar-refractivity contribution < 1.29 is 0 Å². The van der Waals surface area contributed by atoms with Crippen molar-refractivity contribution in [1.29, 1.82) is 0 Å². The van der Waals surface area contributed by atoms with Crippen molar-refractivity contribution in [1.82, 2.24) is 15.0 Å². The average Bonchev–Trinajstić information content (AvgIpc) is 2.73. The van der Waals surface area contributed by atoms with Gasteiger partial charge in [-0.05, 0) is 25.0 Å². The van der Waals surface area contributed by atoms with Gasteiger partial charge in [0.1, 0.15) is 5.82 Å². The molecule has 0 amide bonds. The summed E-state index contributed by atoms with van der Waals surface area (Å²) in [7, 11) is 0. The molecule has 0 aromatic carbocycles. The van der Waals surface area contributed by atoms with E-state index in [1.165, 1.54) is 19.3 Å². The highest BCUT2D eigenvalue weighted by atomic mass is 15.0. The molecule has 3 nitrogen and oxygen atoms in total. The Bertz CT molecular complexity index is 414. The molecule has 3 heteroatoms. The van der Waals surface area contributed by atoms with Crippen LogP contribution >= 0.6 is 0 Å². The van der Waals surface area contributed by atoms with Crippen LogP contribution in [0.25, 0.3) is 11.2 Å². The lowest BCUT2D eigenvalue weighted by Gasteiger charge is -2.10. The minimum absolute atomic E-state index is 0.550. The smallest absolute Gasteiger partial charge is 0.177 e. The number of nitrogens with zero attached hydrogens (tertiary/aromatic N) is 2. The van der Waals surface area contributed by atoms with E-state index in [4.69, 9.17) is 0 Å². The van der Waals surface area contributed by atoms with Crippen LogP contribution in [0.2, 0.25) is 0 Å². The van der Waals surface area contributed by atoms with Crippen LogP contribution in [0.15, 0.2) is 18.3 Å². The SMILES string of the molecule is CCCCC(CC)c1nc2ncccc2[nH]1. The summed E-state index contributed by atoms with van der Waals surface area (Å²) >= 11 is 0. The maximum absolute atomic E-state index is 4.57. The molecule has 2 aromatic rings. The van der Waals surface area contributed by atoms with Crippen LogP contribution in [-0.2, 0) is 0 Å². The normalized spacial score (nSPS) is 13.1. The highest BCUT2D eigenvalue weighted by Crippen LogP contribution is 2.24. The van der Waals surface area contributed by atoms with Gasteiger partial charge >= 0.3 is 0 Å². The van der Waals surface area contributed by atoms with Crippen molar-refractivity contribution in [2.75, 3.05) is 0 Å². The molecule has 1 N–H and O–H groups in total. The third kappa shape index (κ3) is 2.23. The average molecular weight is 217 g/mol. The standard InChI is InChI=1S/C13H19N3/c1-3-5-7-10(4-2)12-15-11-8-6-9-14-13(11)16-12/h6,8-10H,3-5,7H2,1-2H3,(H,14,15,16). The number of unbranched alkanes of at least 4 members (excludes halogenated alkanes) is 1. The summed E-state index contributed by atoms with van der Waals surface area (Å²) in [6.45, 7) is 4.45. The molecule has 0 aliphatic rings. The van der Waals surface area contributed by atoms with Gasteiger partial charge in [-0.15, -0.1) is 0 Å². The number of H-pyrrole nitrogens is 1. The number of hydrogen-bond acceptors (Lipinski definition) is 2. The largest absolute Gasteiger partial charge is 0.340 e. The van der Waals surface area contributed by atoms with Gasteiger partial charge in [-0.3, -0.25) is 0 Å². The van der Waals surface area contributed by atoms with E-state index in [0.717, 1.165) is 23.4 Å². The van der Waals surface area contributed by atoms with Gasteiger partial charge in [-0.25, -0.2) is 9.97 Å². The molecule has 2 heterocycles. The number of aromatic nitrogens is 3. The minimum atomic E-state index is 0.550. The van der Waals surface area contributed by atoms with Crippen LogP contribution < -0.4 is 0 Å². The number of fused-ring (bicyclic) bond motifs is 1. The monoisotopic (exact) mass is 217 g/mol. The molecule has 0 fully saturated rings. The Kier molecular flexibility index (Phi) is 3.54. The van der Waals surface area contributed by atoms with Crippen LogP contribution in [0.4, 0.5) is 0 Å². The summed E-state index contributed by atoms with van der Waals surface area (Å²) in [6.07, 6.45) is 6.66. The van der Waals surface area contributed by atoms with Gasteiger partial charge in [0.2, 0.25) is 0 Å². The predicted molar refractivity (Wildman–Crippen MR) is 66.4 cm³/mol. The molecule has 0 aliphatic carbocycles. The molecule has 0 saturated carbocycles. The molecular weight excluding hydrogens is 198 g/mol. The zero-order valence-corrected chi connectivity index (χ0v) is 10.0. The lowest BCUT2D eigenvalue weighted by atomic mass is 9.99. The fourth-order valence-electron chi connectivity index (χ4n) is 2.04. The zero-order valence-electron chi connectivity index (χ0n) is 10.0. The second kappa shape index (κ2) is 5.10. The Morgan fingerprint density at radius 3 is 2.94 bits per heavy atom. The van der Waals surface area contributed by atoms with E-state index in [1.54, 1.807) is 6.20 Å². The van der Waals surface area contributed by atoms with Gasteiger partial charge in [0.15, 0.2) is 5.65 Å². The van der Waals surface area contributed by atoms with Crippen LogP contribution in [0.5, 0.6) is 0 Å². The minimum Gasteiger partial charge on any atom is -0.340 e. The molecule has 0 aliphatic heterocycles. The number of aromatic amines is 1. The molecule has 86 valence electrons. The van der Waals surface area contributed by atoms with Crippen molar-refractivity contribution in [3.8, 4) is 0 Å². The second-order valence-corrected chi connectivity index (χ2v) is 4.24.